The molecule has 0 saturated carbocycles. The molecule has 1 unspecified atom stereocenters. The van der Waals surface area contributed by atoms with Gasteiger partial charge in [0.1, 0.15) is 11.5 Å². The van der Waals surface area contributed by atoms with Crippen molar-refractivity contribution < 1.29 is 9.47 Å². The van der Waals surface area contributed by atoms with Crippen LogP contribution in [0.15, 0.2) is 45.3 Å². The third-order valence-corrected chi connectivity index (χ3v) is 5.19. The molecule has 1 atom stereocenters. The molecule has 0 aliphatic carbocycles. The van der Waals surface area contributed by atoms with Crippen LogP contribution in [0.25, 0.3) is 0 Å². The average molecular weight is 479 g/mol. The summed E-state index contributed by atoms with van der Waals surface area (Å²) in [4.78, 5) is 0.0330. The molecule has 21 heavy (non-hydrogen) atoms. The van der Waals surface area contributed by atoms with Gasteiger partial charge in [-0.1, -0.05) is 59.9 Å². The molecule has 0 aliphatic rings. The second-order valence-electron chi connectivity index (χ2n) is 4.37. The van der Waals surface area contributed by atoms with Gasteiger partial charge in [-0.15, -0.1) is 0 Å². The molecule has 2 aromatic rings. The minimum Gasteiger partial charge on any atom is -0.496 e. The van der Waals surface area contributed by atoms with Crippen molar-refractivity contribution in [2.24, 2.45) is 0 Å². The molecule has 0 aliphatic heterocycles. The molecular weight excluding hydrogens is 464 g/mol. The largest absolute Gasteiger partial charge is 0.496 e. The Kier molecular flexibility index (Phi) is 6.14. The molecular formula is C16H15Br3O2. The summed E-state index contributed by atoms with van der Waals surface area (Å²) in [5, 5.41) is 0. The van der Waals surface area contributed by atoms with Crippen LogP contribution in [0, 0.1) is 0 Å². The third-order valence-electron chi connectivity index (χ3n) is 3.02. The van der Waals surface area contributed by atoms with Crippen molar-refractivity contribution in [3.8, 4) is 11.5 Å². The molecule has 2 aromatic carbocycles. The molecule has 0 fully saturated rings. The van der Waals surface area contributed by atoms with Crippen molar-refractivity contribution in [2.45, 2.75) is 11.8 Å². The summed E-state index contributed by atoms with van der Waals surface area (Å²) in [6, 6.07) is 12.0. The molecule has 0 heterocycles. The highest BCUT2D eigenvalue weighted by Gasteiger charge is 2.18. The van der Waals surface area contributed by atoms with Gasteiger partial charge in [-0.3, -0.25) is 0 Å². The van der Waals surface area contributed by atoms with Gasteiger partial charge in [-0.05, 0) is 36.8 Å². The standard InChI is InChI=1S/C16H15Br3O2/c1-3-21-11-5-7-12(14(18)9-11)16(19)13-6-4-10(17)8-15(13)20-2/h4-9,16H,3H2,1-2H3. The van der Waals surface area contributed by atoms with E-state index in [4.69, 9.17) is 9.47 Å². The molecule has 0 bridgehead atoms. The maximum absolute atomic E-state index is 5.51. The van der Waals surface area contributed by atoms with Gasteiger partial charge in [0, 0.05) is 14.5 Å². The van der Waals surface area contributed by atoms with Gasteiger partial charge in [0.2, 0.25) is 0 Å². The van der Waals surface area contributed by atoms with Crippen molar-refractivity contribution >= 4 is 47.8 Å². The van der Waals surface area contributed by atoms with Crippen molar-refractivity contribution in [2.75, 3.05) is 13.7 Å². The molecule has 0 spiro atoms. The summed E-state index contributed by atoms with van der Waals surface area (Å²) in [5.41, 5.74) is 2.20. The van der Waals surface area contributed by atoms with E-state index in [1.165, 1.54) is 0 Å². The maximum atomic E-state index is 5.51. The zero-order valence-corrected chi connectivity index (χ0v) is 16.5. The predicted molar refractivity (Wildman–Crippen MR) is 96.8 cm³/mol. The van der Waals surface area contributed by atoms with E-state index < -0.39 is 0 Å². The first-order valence-electron chi connectivity index (χ1n) is 6.46. The van der Waals surface area contributed by atoms with E-state index in [-0.39, 0.29) is 4.83 Å². The monoisotopic (exact) mass is 476 g/mol. The van der Waals surface area contributed by atoms with Crippen LogP contribution in [-0.2, 0) is 0 Å². The van der Waals surface area contributed by atoms with E-state index in [9.17, 15) is 0 Å². The molecule has 2 nitrogen and oxygen atoms in total. The number of hydrogen-bond acceptors (Lipinski definition) is 2. The number of methoxy groups -OCH3 is 1. The van der Waals surface area contributed by atoms with Gasteiger partial charge in [0.15, 0.2) is 0 Å². The first-order chi connectivity index (χ1) is 10.1. The number of benzene rings is 2. The zero-order valence-electron chi connectivity index (χ0n) is 11.7. The second-order valence-corrected chi connectivity index (χ2v) is 7.05. The van der Waals surface area contributed by atoms with Crippen LogP contribution in [0.3, 0.4) is 0 Å². The third kappa shape index (κ3) is 4.02. The number of hydrogen-bond donors (Lipinski definition) is 0. The predicted octanol–water partition coefficient (Wildman–Crippen LogP) is 6.10. The Balaban J connectivity index is 2.38. The van der Waals surface area contributed by atoms with E-state index >= 15 is 0 Å². The molecule has 5 heteroatoms. The topological polar surface area (TPSA) is 18.5 Å². The molecule has 0 radical (unpaired) electrons. The molecule has 0 aromatic heterocycles. The molecule has 0 N–H and O–H groups in total. The summed E-state index contributed by atoms with van der Waals surface area (Å²) < 4.78 is 13.0. The second kappa shape index (κ2) is 7.65. The lowest BCUT2D eigenvalue weighted by Crippen LogP contribution is -1.99. The molecule has 2 rings (SSSR count). The first kappa shape index (κ1) is 16.8. The van der Waals surface area contributed by atoms with Crippen molar-refractivity contribution in [1.82, 2.24) is 0 Å². The van der Waals surface area contributed by atoms with Crippen molar-refractivity contribution in [3.05, 3.63) is 56.5 Å². The van der Waals surface area contributed by atoms with Gasteiger partial charge in [0.05, 0.1) is 18.5 Å². The minimum atomic E-state index is 0.0330. The van der Waals surface area contributed by atoms with E-state index in [1.807, 2.05) is 37.3 Å². The zero-order chi connectivity index (χ0) is 15.4. The van der Waals surface area contributed by atoms with Crippen LogP contribution in [0.5, 0.6) is 11.5 Å². The molecule has 0 amide bonds. The van der Waals surface area contributed by atoms with E-state index in [1.54, 1.807) is 7.11 Å². The minimum absolute atomic E-state index is 0.0330. The van der Waals surface area contributed by atoms with Crippen molar-refractivity contribution in [3.63, 3.8) is 0 Å². The van der Waals surface area contributed by atoms with Gasteiger partial charge < -0.3 is 9.47 Å². The summed E-state index contributed by atoms with van der Waals surface area (Å²) in [7, 11) is 1.68. The van der Waals surface area contributed by atoms with Crippen LogP contribution < -0.4 is 9.47 Å². The summed E-state index contributed by atoms with van der Waals surface area (Å²) in [6.07, 6.45) is 0. The van der Waals surface area contributed by atoms with Gasteiger partial charge in [-0.2, -0.15) is 0 Å². The Labute approximate surface area is 150 Å². The number of rotatable bonds is 5. The Bertz CT molecular complexity index is 629. The first-order valence-corrected chi connectivity index (χ1v) is 8.96. The van der Waals surface area contributed by atoms with Gasteiger partial charge in [-0.25, -0.2) is 0 Å². The van der Waals surface area contributed by atoms with Crippen LogP contribution in [-0.4, -0.2) is 13.7 Å². The quantitative estimate of drug-likeness (QED) is 0.483. The summed E-state index contributed by atoms with van der Waals surface area (Å²) in [5.74, 6) is 1.70. The summed E-state index contributed by atoms with van der Waals surface area (Å²) in [6.45, 7) is 2.63. The Hall–Kier alpha value is -0.520. The maximum Gasteiger partial charge on any atom is 0.124 e. The lowest BCUT2D eigenvalue weighted by molar-refractivity contribution is 0.340. The van der Waals surface area contributed by atoms with Gasteiger partial charge in [0.25, 0.3) is 0 Å². The highest BCUT2D eigenvalue weighted by Crippen LogP contribution is 2.41. The number of halogens is 3. The average Bonchev–Trinajstić information content (AvgIpc) is 2.47. The fourth-order valence-corrected chi connectivity index (χ4v) is 4.04. The normalized spacial score (nSPS) is 12.0. The molecule has 112 valence electrons. The lowest BCUT2D eigenvalue weighted by Gasteiger charge is -2.17. The van der Waals surface area contributed by atoms with Gasteiger partial charge >= 0.3 is 0 Å². The SMILES string of the molecule is CCOc1ccc(C(Br)c2ccc(Br)cc2OC)c(Br)c1. The number of alkyl halides is 1. The highest BCUT2D eigenvalue weighted by atomic mass is 79.9. The van der Waals surface area contributed by atoms with Crippen LogP contribution in [0.2, 0.25) is 0 Å². The summed E-state index contributed by atoms with van der Waals surface area (Å²) >= 11 is 10.8. The fraction of sp³-hybridized carbons (Fsp3) is 0.250. The van der Waals surface area contributed by atoms with Crippen LogP contribution >= 0.6 is 47.8 Å². The Morgan fingerprint density at radius 2 is 1.76 bits per heavy atom. The lowest BCUT2D eigenvalue weighted by atomic mass is 10.0. The van der Waals surface area contributed by atoms with E-state index in [0.717, 1.165) is 31.6 Å². The Morgan fingerprint density at radius 3 is 2.38 bits per heavy atom. The highest BCUT2D eigenvalue weighted by molar-refractivity contribution is 9.11. The van der Waals surface area contributed by atoms with E-state index in [0.29, 0.717) is 6.61 Å². The van der Waals surface area contributed by atoms with E-state index in [2.05, 4.69) is 53.9 Å². The van der Waals surface area contributed by atoms with Crippen LogP contribution in [0.4, 0.5) is 0 Å². The van der Waals surface area contributed by atoms with Crippen molar-refractivity contribution in [1.29, 1.82) is 0 Å². The molecule has 0 saturated heterocycles. The fourth-order valence-electron chi connectivity index (χ4n) is 2.03. The number of ether oxygens (including phenoxy) is 2. The smallest absolute Gasteiger partial charge is 0.124 e. The van der Waals surface area contributed by atoms with Crippen LogP contribution in [0.1, 0.15) is 22.9 Å². The Morgan fingerprint density at radius 1 is 1.05 bits per heavy atom.